The van der Waals surface area contributed by atoms with E-state index in [0.29, 0.717) is 37.0 Å². The number of halogens is 1. The van der Waals surface area contributed by atoms with Gasteiger partial charge in [-0.15, -0.1) is 0 Å². The van der Waals surface area contributed by atoms with Crippen molar-refractivity contribution in [1.29, 1.82) is 0 Å². The zero-order chi connectivity index (χ0) is 23.3. The molecule has 2 aromatic rings. The molecular weight excluding hydrogens is 428 g/mol. The van der Waals surface area contributed by atoms with Crippen LogP contribution in [0.2, 0.25) is 5.02 Å². The number of fused-ring (bicyclic) bond motifs is 1. The van der Waals surface area contributed by atoms with Crippen molar-refractivity contribution in [3.63, 3.8) is 0 Å². The molecule has 0 unspecified atom stereocenters. The molecule has 0 saturated carbocycles. The Hall–Kier alpha value is -2.73. The lowest BCUT2D eigenvalue weighted by Crippen LogP contribution is -2.52. The number of nitrogens with one attached hydrogen (secondary N) is 1. The van der Waals surface area contributed by atoms with E-state index in [2.05, 4.69) is 5.32 Å². The summed E-state index contributed by atoms with van der Waals surface area (Å²) in [6.07, 6.45) is 0.820. The number of hydrogen-bond acceptors (Lipinski definition) is 4. The molecule has 2 aromatic carbocycles. The maximum Gasteiger partial charge on any atom is 0.242 e. The van der Waals surface area contributed by atoms with Gasteiger partial charge in [0.2, 0.25) is 11.8 Å². The molecule has 1 aliphatic heterocycles. The lowest BCUT2D eigenvalue weighted by Gasteiger charge is -2.31. The van der Waals surface area contributed by atoms with Gasteiger partial charge in [0, 0.05) is 23.5 Å². The minimum absolute atomic E-state index is 0.0913. The van der Waals surface area contributed by atoms with Crippen LogP contribution in [0.4, 0.5) is 0 Å². The van der Waals surface area contributed by atoms with Crippen LogP contribution in [0.3, 0.4) is 0 Å². The summed E-state index contributed by atoms with van der Waals surface area (Å²) >= 11 is 6.00. The Kier molecular flexibility index (Phi) is 7.67. The quantitative estimate of drug-likeness (QED) is 0.668. The summed E-state index contributed by atoms with van der Waals surface area (Å²) in [5, 5.41) is 3.60. The minimum atomic E-state index is -0.613. The van der Waals surface area contributed by atoms with Gasteiger partial charge in [-0.3, -0.25) is 9.59 Å². The highest BCUT2D eigenvalue weighted by Gasteiger charge is 2.28. The number of carbonyl (C=O) groups is 2. The molecule has 2 amide bonds. The summed E-state index contributed by atoms with van der Waals surface area (Å²) in [7, 11) is 0. The zero-order valence-corrected chi connectivity index (χ0v) is 19.9. The van der Waals surface area contributed by atoms with E-state index in [1.54, 1.807) is 24.0 Å². The number of nitrogens with zero attached hydrogens (tertiary/aromatic N) is 1. The van der Waals surface area contributed by atoms with Crippen LogP contribution < -0.4 is 14.8 Å². The highest BCUT2D eigenvalue weighted by molar-refractivity contribution is 6.30. The Morgan fingerprint density at radius 3 is 2.31 bits per heavy atom. The van der Waals surface area contributed by atoms with E-state index in [1.807, 2.05) is 51.1 Å². The fraction of sp³-hybridized carbons (Fsp3) is 0.440. The lowest BCUT2D eigenvalue weighted by atomic mass is 10.1. The first-order valence-electron chi connectivity index (χ1n) is 10.9. The molecule has 0 bridgehead atoms. The Morgan fingerprint density at radius 2 is 1.66 bits per heavy atom. The second-order valence-electron chi connectivity index (χ2n) is 9.04. The molecular formula is C25H31ClN2O4. The van der Waals surface area contributed by atoms with Crippen molar-refractivity contribution in [1.82, 2.24) is 10.2 Å². The average Bonchev–Trinajstić information content (AvgIpc) is 2.75. The van der Waals surface area contributed by atoms with Crippen molar-refractivity contribution in [2.75, 3.05) is 13.2 Å². The van der Waals surface area contributed by atoms with Crippen molar-refractivity contribution in [3.05, 3.63) is 58.6 Å². The summed E-state index contributed by atoms with van der Waals surface area (Å²) in [4.78, 5) is 27.7. The van der Waals surface area contributed by atoms with Crippen LogP contribution in [0, 0.1) is 0 Å². The van der Waals surface area contributed by atoms with Gasteiger partial charge < -0.3 is 19.7 Å². The summed E-state index contributed by atoms with van der Waals surface area (Å²) < 4.78 is 11.2. The van der Waals surface area contributed by atoms with Gasteiger partial charge in [-0.25, -0.2) is 0 Å². The maximum absolute atomic E-state index is 13.3. The summed E-state index contributed by atoms with van der Waals surface area (Å²) in [5.41, 5.74) is 1.52. The minimum Gasteiger partial charge on any atom is -0.486 e. The molecule has 172 valence electrons. The normalized spacial score (nSPS) is 13.9. The number of rotatable bonds is 7. The van der Waals surface area contributed by atoms with E-state index in [1.165, 1.54) is 0 Å². The van der Waals surface area contributed by atoms with Gasteiger partial charge >= 0.3 is 0 Å². The van der Waals surface area contributed by atoms with E-state index in [-0.39, 0.29) is 23.8 Å². The number of hydrogen-bond donors (Lipinski definition) is 1. The van der Waals surface area contributed by atoms with E-state index in [0.717, 1.165) is 16.9 Å². The second-order valence-corrected chi connectivity index (χ2v) is 9.48. The zero-order valence-electron chi connectivity index (χ0n) is 19.1. The van der Waals surface area contributed by atoms with Crippen LogP contribution in [0.5, 0.6) is 11.5 Å². The molecule has 1 N–H and O–H groups in total. The average molecular weight is 459 g/mol. The molecule has 1 heterocycles. The van der Waals surface area contributed by atoms with Crippen molar-refractivity contribution < 1.29 is 19.1 Å². The summed E-state index contributed by atoms with van der Waals surface area (Å²) in [6.45, 7) is 8.92. The first kappa shape index (κ1) is 23.9. The molecule has 6 nitrogen and oxygen atoms in total. The van der Waals surface area contributed by atoms with Gasteiger partial charge in [0.05, 0.1) is 0 Å². The second kappa shape index (κ2) is 10.3. The predicted octanol–water partition coefficient (Wildman–Crippen LogP) is 4.38. The first-order valence-corrected chi connectivity index (χ1v) is 11.2. The Labute approximate surface area is 194 Å². The largest absolute Gasteiger partial charge is 0.486 e. The first-order chi connectivity index (χ1) is 15.1. The van der Waals surface area contributed by atoms with Crippen LogP contribution in [0.1, 0.15) is 45.2 Å². The molecule has 32 heavy (non-hydrogen) atoms. The molecule has 7 heteroatoms. The van der Waals surface area contributed by atoms with E-state index >= 15 is 0 Å². The Morgan fingerprint density at radius 1 is 1.03 bits per heavy atom. The lowest BCUT2D eigenvalue weighted by molar-refractivity contribution is -0.141. The SMILES string of the molecule is C[C@@H](C(=O)NC(C)(C)C)N(Cc1ccc(Cl)cc1)C(=O)CCc1ccc2c(c1)OCCO2. The number of ether oxygens (including phenoxy) is 2. The Bertz CT molecular complexity index is 953. The molecule has 0 saturated heterocycles. The fourth-order valence-electron chi connectivity index (χ4n) is 3.48. The maximum atomic E-state index is 13.3. The van der Waals surface area contributed by atoms with Crippen LogP contribution in [-0.4, -0.2) is 41.5 Å². The predicted molar refractivity (Wildman–Crippen MR) is 125 cm³/mol. The van der Waals surface area contributed by atoms with Gasteiger partial charge in [-0.1, -0.05) is 29.8 Å². The van der Waals surface area contributed by atoms with E-state index in [9.17, 15) is 9.59 Å². The number of amides is 2. The monoisotopic (exact) mass is 458 g/mol. The molecule has 0 radical (unpaired) electrons. The standard InChI is InChI=1S/C25H31ClN2O4/c1-17(24(30)27-25(2,3)4)28(16-19-5-9-20(26)10-6-19)23(29)12-8-18-7-11-21-22(15-18)32-14-13-31-21/h5-7,9-11,15,17H,8,12-14,16H2,1-4H3,(H,27,30)/t17-/m0/s1. The van der Waals surface area contributed by atoms with Crippen molar-refractivity contribution in [3.8, 4) is 11.5 Å². The molecule has 0 aliphatic carbocycles. The van der Waals surface area contributed by atoms with Crippen LogP contribution >= 0.6 is 11.6 Å². The number of benzene rings is 2. The molecule has 3 rings (SSSR count). The van der Waals surface area contributed by atoms with Gasteiger partial charge in [-0.05, 0) is 69.5 Å². The number of aryl methyl sites for hydroxylation is 1. The Balaban J connectivity index is 1.73. The van der Waals surface area contributed by atoms with E-state index < -0.39 is 6.04 Å². The van der Waals surface area contributed by atoms with Crippen LogP contribution in [0.15, 0.2) is 42.5 Å². The molecule has 0 aromatic heterocycles. The topological polar surface area (TPSA) is 67.9 Å². The fourth-order valence-corrected chi connectivity index (χ4v) is 3.61. The third-order valence-corrected chi connectivity index (χ3v) is 5.42. The van der Waals surface area contributed by atoms with Gasteiger partial charge in [0.25, 0.3) is 0 Å². The van der Waals surface area contributed by atoms with Gasteiger partial charge in [0.15, 0.2) is 11.5 Å². The number of carbonyl (C=O) groups excluding carboxylic acids is 2. The van der Waals surface area contributed by atoms with Crippen LogP contribution in [-0.2, 0) is 22.6 Å². The van der Waals surface area contributed by atoms with Crippen LogP contribution in [0.25, 0.3) is 0 Å². The molecule has 0 fully saturated rings. The van der Waals surface area contributed by atoms with Crippen molar-refractivity contribution in [2.24, 2.45) is 0 Å². The van der Waals surface area contributed by atoms with Crippen molar-refractivity contribution >= 4 is 23.4 Å². The third kappa shape index (κ3) is 6.63. The smallest absolute Gasteiger partial charge is 0.242 e. The van der Waals surface area contributed by atoms with Gasteiger partial charge in [-0.2, -0.15) is 0 Å². The highest BCUT2D eigenvalue weighted by Crippen LogP contribution is 2.31. The molecule has 1 atom stereocenters. The van der Waals surface area contributed by atoms with E-state index in [4.69, 9.17) is 21.1 Å². The summed E-state index contributed by atoms with van der Waals surface area (Å²) in [5.74, 6) is 1.16. The third-order valence-electron chi connectivity index (χ3n) is 5.17. The summed E-state index contributed by atoms with van der Waals surface area (Å²) in [6, 6.07) is 12.4. The van der Waals surface area contributed by atoms with Gasteiger partial charge in [0.1, 0.15) is 19.3 Å². The molecule has 1 aliphatic rings. The highest BCUT2D eigenvalue weighted by atomic mass is 35.5. The molecule has 0 spiro atoms. The van der Waals surface area contributed by atoms with Crippen molar-refractivity contribution in [2.45, 2.75) is 58.7 Å².